The number of hydrogen-bond donors (Lipinski definition) is 3. The number of ether oxygens (including phenoxy) is 2. The first-order valence-electron chi connectivity index (χ1n) is 11.6. The first kappa shape index (κ1) is 23.7. The van der Waals surface area contributed by atoms with Crippen LogP contribution in [0.2, 0.25) is 0 Å². The molecule has 1 saturated heterocycles. The lowest BCUT2D eigenvalue weighted by Gasteiger charge is -2.18. The number of hydrogen-bond acceptors (Lipinski definition) is 7. The van der Waals surface area contributed by atoms with Crippen LogP contribution >= 0.6 is 0 Å². The summed E-state index contributed by atoms with van der Waals surface area (Å²) in [6.45, 7) is 4.67. The van der Waals surface area contributed by atoms with Gasteiger partial charge in [0.25, 0.3) is 0 Å². The summed E-state index contributed by atoms with van der Waals surface area (Å²) in [4.78, 5) is 21.7. The Morgan fingerprint density at radius 3 is 2.71 bits per heavy atom. The molecule has 0 aliphatic carbocycles. The van der Waals surface area contributed by atoms with Crippen LogP contribution in [0.1, 0.15) is 31.4 Å². The molecule has 1 unspecified atom stereocenters. The maximum Gasteiger partial charge on any atom is 0.248 e. The summed E-state index contributed by atoms with van der Waals surface area (Å²) >= 11 is 0. The fourth-order valence-corrected chi connectivity index (χ4v) is 3.93. The van der Waals surface area contributed by atoms with Crippen LogP contribution in [0.3, 0.4) is 0 Å². The van der Waals surface area contributed by atoms with Gasteiger partial charge in [0.15, 0.2) is 0 Å². The number of fused-ring (bicyclic) bond motifs is 1. The molecule has 1 aliphatic heterocycles. The van der Waals surface area contributed by atoms with Crippen LogP contribution in [0.25, 0.3) is 10.9 Å². The number of nitrogens with zero attached hydrogens (tertiary/aromatic N) is 2. The van der Waals surface area contributed by atoms with Gasteiger partial charge >= 0.3 is 0 Å². The molecule has 8 heteroatoms. The minimum absolute atomic E-state index is 0.0413. The van der Waals surface area contributed by atoms with Crippen molar-refractivity contribution in [3.8, 4) is 5.75 Å². The highest BCUT2D eigenvalue weighted by atomic mass is 16.5. The normalized spacial score (nSPS) is 14.5. The number of nitrogens with one attached hydrogen (secondary N) is 3. The summed E-state index contributed by atoms with van der Waals surface area (Å²) in [5.41, 5.74) is 3.58. The van der Waals surface area contributed by atoms with E-state index in [0.717, 1.165) is 48.0 Å². The molecule has 2 heterocycles. The number of carbonyl (C=O) groups is 1. The number of amides is 1. The summed E-state index contributed by atoms with van der Waals surface area (Å²) in [5, 5.41) is 10.6. The third-order valence-corrected chi connectivity index (χ3v) is 5.77. The smallest absolute Gasteiger partial charge is 0.248 e. The van der Waals surface area contributed by atoms with Crippen LogP contribution in [0, 0.1) is 0 Å². The van der Waals surface area contributed by atoms with Crippen LogP contribution in [-0.2, 0) is 9.53 Å². The molecule has 1 aliphatic rings. The van der Waals surface area contributed by atoms with E-state index in [9.17, 15) is 4.79 Å². The van der Waals surface area contributed by atoms with Crippen molar-refractivity contribution in [2.24, 2.45) is 0 Å². The van der Waals surface area contributed by atoms with Gasteiger partial charge in [-0.3, -0.25) is 4.79 Å². The van der Waals surface area contributed by atoms with Gasteiger partial charge in [0.05, 0.1) is 17.8 Å². The zero-order valence-electron chi connectivity index (χ0n) is 19.6. The lowest BCUT2D eigenvalue weighted by Crippen LogP contribution is -2.24. The van der Waals surface area contributed by atoms with Gasteiger partial charge in [-0.05, 0) is 44.5 Å². The summed E-state index contributed by atoms with van der Waals surface area (Å²) in [6.07, 6.45) is 4.98. The van der Waals surface area contributed by atoms with Crippen LogP contribution < -0.4 is 20.7 Å². The van der Waals surface area contributed by atoms with Gasteiger partial charge < -0.3 is 25.4 Å². The summed E-state index contributed by atoms with van der Waals surface area (Å²) in [6, 6.07) is 13.9. The predicted molar refractivity (Wildman–Crippen MR) is 134 cm³/mol. The Morgan fingerprint density at radius 1 is 1.15 bits per heavy atom. The van der Waals surface area contributed by atoms with E-state index < -0.39 is 0 Å². The highest BCUT2D eigenvalue weighted by Gasteiger charge is 2.15. The summed E-state index contributed by atoms with van der Waals surface area (Å²) < 4.78 is 11.0. The van der Waals surface area contributed by atoms with Crippen molar-refractivity contribution < 1.29 is 14.3 Å². The molecular formula is C26H31N5O3. The average molecular weight is 462 g/mol. The minimum Gasteiger partial charge on any atom is -0.489 e. The Balaban J connectivity index is 1.64. The van der Waals surface area contributed by atoms with E-state index in [1.165, 1.54) is 6.33 Å². The molecule has 1 amide bonds. The molecule has 1 fully saturated rings. The Labute approximate surface area is 199 Å². The highest BCUT2D eigenvalue weighted by molar-refractivity contribution is 6.03. The summed E-state index contributed by atoms with van der Waals surface area (Å²) in [7, 11) is 1.62. The van der Waals surface area contributed by atoms with E-state index in [-0.39, 0.29) is 11.9 Å². The predicted octanol–water partition coefficient (Wildman–Crippen LogP) is 4.08. The lowest BCUT2D eigenvalue weighted by molar-refractivity contribution is -0.112. The molecule has 34 heavy (non-hydrogen) atoms. The van der Waals surface area contributed by atoms with E-state index >= 15 is 0 Å². The number of benzene rings is 2. The van der Waals surface area contributed by atoms with E-state index in [1.807, 2.05) is 30.3 Å². The maximum atomic E-state index is 12.8. The fraction of sp³-hybridized carbons (Fsp3) is 0.346. The first-order valence-corrected chi connectivity index (χ1v) is 11.6. The standard InChI is InChI=1S/C26H31N5O3/c1-18(20-6-4-3-5-7-20)30-26-21-15-23(31-25(32)14-19-8-10-27-11-9-19)24(34-13-12-33-2)16-22(21)28-17-29-26/h3-7,14-18,27H,8-13H2,1-2H3,(H,31,32)(H,28,29,30). The van der Waals surface area contributed by atoms with E-state index in [4.69, 9.17) is 9.47 Å². The average Bonchev–Trinajstić information content (AvgIpc) is 2.86. The van der Waals surface area contributed by atoms with E-state index in [2.05, 4.69) is 45.0 Å². The van der Waals surface area contributed by atoms with E-state index in [0.29, 0.717) is 30.5 Å². The van der Waals surface area contributed by atoms with Gasteiger partial charge in [0.2, 0.25) is 5.91 Å². The Bertz CT molecular complexity index is 1140. The summed E-state index contributed by atoms with van der Waals surface area (Å²) in [5.74, 6) is 1.07. The van der Waals surface area contributed by atoms with Crippen molar-refractivity contribution in [3.63, 3.8) is 0 Å². The molecule has 1 atom stereocenters. The van der Waals surface area contributed by atoms with Crippen molar-refractivity contribution >= 4 is 28.3 Å². The SMILES string of the molecule is COCCOc1cc2ncnc(NC(C)c3ccccc3)c2cc1NC(=O)C=C1CCNCC1. The fourth-order valence-electron chi connectivity index (χ4n) is 3.93. The molecule has 2 aromatic carbocycles. The van der Waals surface area contributed by atoms with Gasteiger partial charge in [0, 0.05) is 30.7 Å². The zero-order valence-corrected chi connectivity index (χ0v) is 19.6. The first-order chi connectivity index (χ1) is 16.6. The topological polar surface area (TPSA) is 97.4 Å². The van der Waals surface area contributed by atoms with Crippen LogP contribution in [-0.4, -0.2) is 49.3 Å². The molecule has 3 N–H and O–H groups in total. The second kappa shape index (κ2) is 11.6. The van der Waals surface area contributed by atoms with E-state index in [1.54, 1.807) is 13.2 Å². The molecule has 1 aromatic heterocycles. The molecule has 4 rings (SSSR count). The largest absolute Gasteiger partial charge is 0.489 e. The zero-order chi connectivity index (χ0) is 23.8. The number of rotatable bonds is 9. The monoisotopic (exact) mass is 461 g/mol. The molecule has 3 aromatic rings. The molecule has 0 saturated carbocycles. The molecular weight excluding hydrogens is 430 g/mol. The number of piperidine rings is 1. The molecule has 178 valence electrons. The number of anilines is 2. The quantitative estimate of drug-likeness (QED) is 0.326. The third-order valence-electron chi connectivity index (χ3n) is 5.77. The molecule has 8 nitrogen and oxygen atoms in total. The Morgan fingerprint density at radius 2 is 1.94 bits per heavy atom. The van der Waals surface area contributed by atoms with Gasteiger partial charge in [-0.2, -0.15) is 0 Å². The number of methoxy groups -OCH3 is 1. The van der Waals surface area contributed by atoms with Crippen LogP contribution in [0.15, 0.2) is 60.4 Å². The number of carbonyl (C=O) groups excluding carboxylic acids is 1. The lowest BCUT2D eigenvalue weighted by atomic mass is 10.1. The Hall–Kier alpha value is -3.49. The minimum atomic E-state index is -0.170. The van der Waals surface area contributed by atoms with Crippen molar-refractivity contribution in [2.75, 3.05) is 44.0 Å². The second-order valence-electron chi connectivity index (χ2n) is 8.25. The van der Waals surface area contributed by atoms with Crippen molar-refractivity contribution in [1.82, 2.24) is 15.3 Å². The van der Waals surface area contributed by atoms with Gasteiger partial charge in [0.1, 0.15) is 24.5 Å². The van der Waals surface area contributed by atoms with Crippen molar-refractivity contribution in [3.05, 3.63) is 66.0 Å². The molecule has 0 radical (unpaired) electrons. The van der Waals surface area contributed by atoms with Gasteiger partial charge in [-0.25, -0.2) is 9.97 Å². The van der Waals surface area contributed by atoms with Crippen LogP contribution in [0.5, 0.6) is 5.75 Å². The van der Waals surface area contributed by atoms with Gasteiger partial charge in [-0.15, -0.1) is 0 Å². The second-order valence-corrected chi connectivity index (χ2v) is 8.25. The Kier molecular flexibility index (Phi) is 8.06. The highest BCUT2D eigenvalue weighted by Crippen LogP contribution is 2.33. The maximum absolute atomic E-state index is 12.8. The third kappa shape index (κ3) is 6.09. The van der Waals surface area contributed by atoms with Crippen LogP contribution in [0.4, 0.5) is 11.5 Å². The van der Waals surface area contributed by atoms with Gasteiger partial charge in [-0.1, -0.05) is 35.9 Å². The van der Waals surface area contributed by atoms with Crippen molar-refractivity contribution in [1.29, 1.82) is 0 Å². The number of aromatic nitrogens is 2. The molecule has 0 bridgehead atoms. The van der Waals surface area contributed by atoms with Crippen molar-refractivity contribution in [2.45, 2.75) is 25.8 Å². The molecule has 0 spiro atoms.